The van der Waals surface area contributed by atoms with Gasteiger partial charge in [-0.25, -0.2) is 4.79 Å². The van der Waals surface area contributed by atoms with Gasteiger partial charge in [-0.2, -0.15) is 0 Å². The van der Waals surface area contributed by atoms with Crippen molar-refractivity contribution in [2.45, 2.75) is 12.6 Å². The molecule has 2 aliphatic heterocycles. The van der Waals surface area contributed by atoms with Crippen molar-refractivity contribution < 1.29 is 19.1 Å². The van der Waals surface area contributed by atoms with Crippen molar-refractivity contribution in [1.29, 1.82) is 0 Å². The standard InChI is InChI=1S/C22H23N3O4/c1-24-16-13-25(12-14-8-5-4-6-9-14)21(26)18(16)19(23-22(24)27)15-10-7-11-17(28-2)20(15)29-3/h4-11,19H,12-13H2,1-3H3,(H,23,27)/t19-/m1/s1. The van der Waals surface area contributed by atoms with E-state index in [9.17, 15) is 9.59 Å². The van der Waals surface area contributed by atoms with Crippen molar-refractivity contribution >= 4 is 11.9 Å². The lowest BCUT2D eigenvalue weighted by Crippen LogP contribution is -2.45. The zero-order chi connectivity index (χ0) is 20.5. The Bertz CT molecular complexity index is 987. The highest BCUT2D eigenvalue weighted by molar-refractivity contribution is 6.01. The molecule has 2 aromatic rings. The maximum absolute atomic E-state index is 13.4. The van der Waals surface area contributed by atoms with Crippen LogP contribution in [0, 0.1) is 0 Å². The lowest BCUT2D eigenvalue weighted by Gasteiger charge is -2.31. The van der Waals surface area contributed by atoms with Crippen LogP contribution < -0.4 is 14.8 Å². The summed E-state index contributed by atoms with van der Waals surface area (Å²) in [4.78, 5) is 29.3. The minimum Gasteiger partial charge on any atom is -0.493 e. The number of para-hydroxylation sites is 1. The van der Waals surface area contributed by atoms with Crippen LogP contribution in [0.15, 0.2) is 59.8 Å². The molecular formula is C22H23N3O4. The van der Waals surface area contributed by atoms with E-state index in [4.69, 9.17) is 9.47 Å². The van der Waals surface area contributed by atoms with E-state index in [0.29, 0.717) is 41.4 Å². The number of amides is 3. The summed E-state index contributed by atoms with van der Waals surface area (Å²) in [6, 6.07) is 14.4. The van der Waals surface area contributed by atoms with Gasteiger partial charge in [0.25, 0.3) is 5.91 Å². The quantitative estimate of drug-likeness (QED) is 0.848. The number of ether oxygens (including phenoxy) is 2. The van der Waals surface area contributed by atoms with Gasteiger partial charge in [-0.05, 0) is 11.6 Å². The Kier molecular flexibility index (Phi) is 4.88. The van der Waals surface area contributed by atoms with E-state index in [2.05, 4.69) is 5.32 Å². The fourth-order valence-electron chi connectivity index (χ4n) is 3.93. The van der Waals surface area contributed by atoms with E-state index >= 15 is 0 Å². The first-order valence-corrected chi connectivity index (χ1v) is 9.36. The zero-order valence-corrected chi connectivity index (χ0v) is 16.6. The first-order valence-electron chi connectivity index (χ1n) is 9.36. The second kappa shape index (κ2) is 7.50. The third-order valence-corrected chi connectivity index (χ3v) is 5.40. The Balaban J connectivity index is 1.74. The molecule has 150 valence electrons. The van der Waals surface area contributed by atoms with Gasteiger partial charge in [0.2, 0.25) is 0 Å². The lowest BCUT2D eigenvalue weighted by molar-refractivity contribution is -0.126. The number of urea groups is 1. The molecule has 2 aliphatic rings. The minimum absolute atomic E-state index is 0.0921. The Morgan fingerprint density at radius 3 is 2.48 bits per heavy atom. The summed E-state index contributed by atoms with van der Waals surface area (Å²) in [6.45, 7) is 0.867. The van der Waals surface area contributed by atoms with Gasteiger partial charge >= 0.3 is 6.03 Å². The van der Waals surface area contributed by atoms with E-state index in [1.54, 1.807) is 32.2 Å². The first-order chi connectivity index (χ1) is 14.0. The summed E-state index contributed by atoms with van der Waals surface area (Å²) in [6.07, 6.45) is 0. The maximum Gasteiger partial charge on any atom is 0.322 e. The molecule has 0 saturated heterocycles. The number of carbonyl (C=O) groups is 2. The molecule has 0 aliphatic carbocycles. The molecule has 0 radical (unpaired) electrons. The number of methoxy groups -OCH3 is 2. The van der Waals surface area contributed by atoms with Crippen LogP contribution in [0.4, 0.5) is 4.79 Å². The second-order valence-corrected chi connectivity index (χ2v) is 7.03. The van der Waals surface area contributed by atoms with Gasteiger partial charge in [0, 0.05) is 19.2 Å². The fraction of sp³-hybridized carbons (Fsp3) is 0.273. The van der Waals surface area contributed by atoms with E-state index in [1.165, 1.54) is 4.90 Å². The third kappa shape index (κ3) is 3.18. The number of nitrogens with zero attached hydrogens (tertiary/aromatic N) is 2. The van der Waals surface area contributed by atoms with Crippen LogP contribution >= 0.6 is 0 Å². The SMILES string of the molecule is COc1cccc([C@H]2NC(=O)N(C)C3=C2C(=O)N(Cc2ccccc2)C3)c1OC. The largest absolute Gasteiger partial charge is 0.493 e. The van der Waals surface area contributed by atoms with Crippen LogP contribution in [0.3, 0.4) is 0 Å². The highest BCUT2D eigenvalue weighted by Crippen LogP contribution is 2.42. The van der Waals surface area contributed by atoms with Gasteiger partial charge in [-0.15, -0.1) is 0 Å². The summed E-state index contributed by atoms with van der Waals surface area (Å²) in [5.74, 6) is 0.962. The second-order valence-electron chi connectivity index (χ2n) is 7.03. The van der Waals surface area contributed by atoms with Gasteiger partial charge in [-0.3, -0.25) is 9.69 Å². The van der Waals surface area contributed by atoms with E-state index in [1.807, 2.05) is 42.5 Å². The molecule has 2 aromatic carbocycles. The monoisotopic (exact) mass is 393 g/mol. The topological polar surface area (TPSA) is 71.1 Å². The molecular weight excluding hydrogens is 370 g/mol. The van der Waals surface area contributed by atoms with E-state index in [0.717, 1.165) is 5.56 Å². The van der Waals surface area contributed by atoms with Gasteiger partial charge in [-0.1, -0.05) is 42.5 Å². The fourth-order valence-corrected chi connectivity index (χ4v) is 3.93. The predicted octanol–water partition coefficient (Wildman–Crippen LogP) is 2.70. The molecule has 0 fully saturated rings. The molecule has 0 aromatic heterocycles. The molecule has 0 spiro atoms. The summed E-state index contributed by atoms with van der Waals surface area (Å²) in [5, 5.41) is 2.94. The zero-order valence-electron chi connectivity index (χ0n) is 16.6. The number of carbonyl (C=O) groups excluding carboxylic acids is 2. The highest BCUT2D eigenvalue weighted by Gasteiger charge is 2.43. The normalized spacial score (nSPS) is 18.7. The summed E-state index contributed by atoms with van der Waals surface area (Å²) in [5.41, 5.74) is 3.01. The van der Waals surface area contributed by atoms with Crippen molar-refractivity contribution in [1.82, 2.24) is 15.1 Å². The van der Waals surface area contributed by atoms with Gasteiger partial charge in [0.15, 0.2) is 11.5 Å². The van der Waals surface area contributed by atoms with Gasteiger partial charge < -0.3 is 19.7 Å². The molecule has 1 atom stereocenters. The van der Waals surface area contributed by atoms with E-state index < -0.39 is 6.04 Å². The lowest BCUT2D eigenvalue weighted by atomic mass is 9.94. The molecule has 3 amide bonds. The summed E-state index contributed by atoms with van der Waals surface area (Å²) < 4.78 is 10.9. The number of nitrogens with one attached hydrogen (secondary N) is 1. The number of hydrogen-bond donors (Lipinski definition) is 1. The van der Waals surface area contributed by atoms with Crippen LogP contribution in [-0.2, 0) is 11.3 Å². The molecule has 0 saturated carbocycles. The smallest absolute Gasteiger partial charge is 0.322 e. The van der Waals surface area contributed by atoms with Crippen LogP contribution in [0.1, 0.15) is 17.2 Å². The first kappa shape index (κ1) is 18.9. The van der Waals surface area contributed by atoms with Crippen LogP contribution in [0.2, 0.25) is 0 Å². The number of benzene rings is 2. The third-order valence-electron chi connectivity index (χ3n) is 5.40. The van der Waals surface area contributed by atoms with Crippen molar-refractivity contribution in [2.24, 2.45) is 0 Å². The Morgan fingerprint density at radius 2 is 1.79 bits per heavy atom. The average Bonchev–Trinajstić information content (AvgIpc) is 3.07. The van der Waals surface area contributed by atoms with Crippen molar-refractivity contribution in [3.63, 3.8) is 0 Å². The summed E-state index contributed by atoms with van der Waals surface area (Å²) in [7, 11) is 4.79. The molecule has 2 heterocycles. The molecule has 4 rings (SSSR count). The molecule has 7 heteroatoms. The number of hydrogen-bond acceptors (Lipinski definition) is 4. The molecule has 1 N–H and O–H groups in total. The Hall–Kier alpha value is -3.48. The number of likely N-dealkylation sites (N-methyl/N-ethyl adjacent to an activating group) is 1. The molecule has 0 unspecified atom stereocenters. The molecule has 7 nitrogen and oxygen atoms in total. The number of rotatable bonds is 5. The van der Waals surface area contributed by atoms with Gasteiger partial charge in [0.1, 0.15) is 0 Å². The average molecular weight is 393 g/mol. The van der Waals surface area contributed by atoms with Crippen molar-refractivity contribution in [3.8, 4) is 11.5 Å². The van der Waals surface area contributed by atoms with Gasteiger partial charge in [0.05, 0.1) is 38.1 Å². The van der Waals surface area contributed by atoms with Crippen LogP contribution in [-0.4, -0.2) is 49.6 Å². The van der Waals surface area contributed by atoms with Crippen molar-refractivity contribution in [3.05, 3.63) is 70.9 Å². The van der Waals surface area contributed by atoms with Crippen LogP contribution in [0.5, 0.6) is 11.5 Å². The van der Waals surface area contributed by atoms with Crippen LogP contribution in [0.25, 0.3) is 0 Å². The Morgan fingerprint density at radius 1 is 1.03 bits per heavy atom. The molecule has 29 heavy (non-hydrogen) atoms. The van der Waals surface area contributed by atoms with Crippen molar-refractivity contribution in [2.75, 3.05) is 27.8 Å². The Labute approximate surface area is 169 Å². The highest BCUT2D eigenvalue weighted by atomic mass is 16.5. The summed E-state index contributed by atoms with van der Waals surface area (Å²) >= 11 is 0. The van der Waals surface area contributed by atoms with E-state index in [-0.39, 0.29) is 11.9 Å². The molecule has 0 bridgehead atoms. The minimum atomic E-state index is -0.605. The predicted molar refractivity (Wildman–Crippen MR) is 107 cm³/mol. The maximum atomic E-state index is 13.4.